The molecule has 0 saturated heterocycles. The van der Waals surface area contributed by atoms with Crippen LogP contribution in [-0.4, -0.2) is 24.1 Å². The van der Waals surface area contributed by atoms with Crippen LogP contribution in [-0.2, 0) is 9.47 Å². The van der Waals surface area contributed by atoms with E-state index in [9.17, 15) is 9.59 Å². The number of esters is 2. The number of rotatable bonds is 10. The van der Waals surface area contributed by atoms with Crippen molar-refractivity contribution in [3.05, 3.63) is 82.3 Å². The SMILES string of the molecule is C=C[C@@H](OC(=O)c1ccccc1)[C@H](CCCCC)OC(=O)c1c(C)cccc1Br. The predicted octanol–water partition coefficient (Wildman–Crippen LogP) is 6.27. The van der Waals surface area contributed by atoms with E-state index in [1.807, 2.05) is 25.1 Å². The summed E-state index contributed by atoms with van der Waals surface area (Å²) in [5, 5.41) is 0. The van der Waals surface area contributed by atoms with E-state index >= 15 is 0 Å². The molecule has 0 N–H and O–H groups in total. The van der Waals surface area contributed by atoms with Crippen molar-refractivity contribution in [3.63, 3.8) is 0 Å². The van der Waals surface area contributed by atoms with E-state index in [-0.39, 0.29) is 0 Å². The largest absolute Gasteiger partial charge is 0.454 e. The molecule has 2 aromatic carbocycles. The standard InChI is InChI=1S/C24H27BrO4/c1-4-6-8-16-21(29-24(27)22-17(3)12-11-15-19(22)25)20(5-2)28-23(26)18-13-9-7-10-14-18/h5,7,9-15,20-21H,2,4,6,8,16H2,1,3H3/t20-,21+/m1/s1. The Morgan fingerprint density at radius 1 is 1.03 bits per heavy atom. The molecule has 4 nitrogen and oxygen atoms in total. The highest BCUT2D eigenvalue weighted by Crippen LogP contribution is 2.24. The fraction of sp³-hybridized carbons (Fsp3) is 0.333. The Hall–Kier alpha value is -2.40. The number of aryl methyl sites for hydroxylation is 1. The summed E-state index contributed by atoms with van der Waals surface area (Å²) in [6.07, 6.45) is 3.67. The number of unbranched alkanes of at least 4 members (excludes halogenated alkanes) is 2. The van der Waals surface area contributed by atoms with Gasteiger partial charge >= 0.3 is 11.9 Å². The number of hydrogen-bond acceptors (Lipinski definition) is 4. The van der Waals surface area contributed by atoms with Crippen LogP contribution in [0.3, 0.4) is 0 Å². The van der Waals surface area contributed by atoms with E-state index in [1.54, 1.807) is 30.3 Å². The molecule has 0 amide bonds. The van der Waals surface area contributed by atoms with Crippen molar-refractivity contribution in [3.8, 4) is 0 Å². The molecule has 2 atom stereocenters. The molecule has 154 valence electrons. The van der Waals surface area contributed by atoms with Crippen LogP contribution in [0.25, 0.3) is 0 Å². The number of carbonyl (C=O) groups excluding carboxylic acids is 2. The number of carbonyl (C=O) groups is 2. The Labute approximate surface area is 181 Å². The number of halogens is 1. The van der Waals surface area contributed by atoms with E-state index in [2.05, 4.69) is 29.4 Å². The molecule has 0 aromatic heterocycles. The summed E-state index contributed by atoms with van der Waals surface area (Å²) in [6, 6.07) is 14.3. The second-order valence-corrected chi connectivity index (χ2v) is 7.70. The minimum absolute atomic E-state index is 0.444. The quantitative estimate of drug-likeness (QED) is 0.239. The maximum Gasteiger partial charge on any atom is 0.339 e. The Balaban J connectivity index is 2.19. The summed E-state index contributed by atoms with van der Waals surface area (Å²) in [4.78, 5) is 25.4. The summed E-state index contributed by atoms with van der Waals surface area (Å²) < 4.78 is 12.1. The molecule has 0 fully saturated rings. The van der Waals surface area contributed by atoms with Crippen molar-refractivity contribution < 1.29 is 19.1 Å². The zero-order valence-electron chi connectivity index (χ0n) is 16.9. The summed E-state index contributed by atoms with van der Waals surface area (Å²) >= 11 is 3.42. The van der Waals surface area contributed by atoms with Crippen molar-refractivity contribution in [2.24, 2.45) is 0 Å². The topological polar surface area (TPSA) is 52.6 Å². The fourth-order valence-corrected chi connectivity index (χ4v) is 3.64. The summed E-state index contributed by atoms with van der Waals surface area (Å²) in [6.45, 7) is 7.75. The van der Waals surface area contributed by atoms with Gasteiger partial charge in [0.15, 0.2) is 6.10 Å². The van der Waals surface area contributed by atoms with E-state index in [0.717, 1.165) is 24.8 Å². The van der Waals surface area contributed by atoms with Gasteiger partial charge in [0.1, 0.15) is 6.10 Å². The van der Waals surface area contributed by atoms with Gasteiger partial charge in [0, 0.05) is 4.47 Å². The van der Waals surface area contributed by atoms with Gasteiger partial charge in [-0.1, -0.05) is 56.7 Å². The summed E-state index contributed by atoms with van der Waals surface area (Å²) in [5.41, 5.74) is 1.73. The van der Waals surface area contributed by atoms with Crippen LogP contribution in [0.5, 0.6) is 0 Å². The molecule has 0 saturated carbocycles. The third-order valence-electron chi connectivity index (χ3n) is 4.63. The second-order valence-electron chi connectivity index (χ2n) is 6.84. The molecule has 0 radical (unpaired) electrons. The first kappa shape index (κ1) is 22.9. The van der Waals surface area contributed by atoms with Crippen LogP contribution in [0.1, 0.15) is 58.9 Å². The lowest BCUT2D eigenvalue weighted by Crippen LogP contribution is -2.34. The highest BCUT2D eigenvalue weighted by molar-refractivity contribution is 9.10. The zero-order valence-corrected chi connectivity index (χ0v) is 18.5. The minimum atomic E-state index is -0.730. The normalized spacial score (nSPS) is 12.7. The smallest absolute Gasteiger partial charge is 0.339 e. The third-order valence-corrected chi connectivity index (χ3v) is 5.29. The average Bonchev–Trinajstić information content (AvgIpc) is 2.72. The molecule has 0 aliphatic rings. The minimum Gasteiger partial charge on any atom is -0.454 e. The molecular weight excluding hydrogens is 432 g/mol. The first-order valence-corrected chi connectivity index (χ1v) is 10.6. The maximum atomic E-state index is 12.9. The molecular formula is C24H27BrO4. The number of hydrogen-bond donors (Lipinski definition) is 0. The summed E-state index contributed by atoms with van der Waals surface area (Å²) in [7, 11) is 0. The van der Waals surface area contributed by atoms with Crippen LogP contribution in [0.4, 0.5) is 0 Å². The lowest BCUT2D eigenvalue weighted by Gasteiger charge is -2.25. The van der Waals surface area contributed by atoms with E-state index in [1.165, 1.54) is 6.08 Å². The van der Waals surface area contributed by atoms with Gasteiger partial charge < -0.3 is 9.47 Å². The van der Waals surface area contributed by atoms with Gasteiger partial charge in [0.2, 0.25) is 0 Å². The van der Waals surface area contributed by atoms with E-state index < -0.39 is 24.1 Å². The number of ether oxygens (including phenoxy) is 2. The van der Waals surface area contributed by atoms with Gasteiger partial charge in [0.25, 0.3) is 0 Å². The van der Waals surface area contributed by atoms with Crippen LogP contribution in [0.15, 0.2) is 65.7 Å². The van der Waals surface area contributed by atoms with Crippen molar-refractivity contribution in [1.82, 2.24) is 0 Å². The molecule has 0 heterocycles. The first-order valence-electron chi connectivity index (χ1n) is 9.82. The molecule has 0 spiro atoms. The highest BCUT2D eigenvalue weighted by atomic mass is 79.9. The van der Waals surface area contributed by atoms with Crippen molar-refractivity contribution in [1.29, 1.82) is 0 Å². The third kappa shape index (κ3) is 6.57. The average molecular weight is 459 g/mol. The first-order chi connectivity index (χ1) is 14.0. The van der Waals surface area contributed by atoms with Crippen LogP contribution in [0.2, 0.25) is 0 Å². The Bertz CT molecular complexity index is 812. The lowest BCUT2D eigenvalue weighted by atomic mass is 10.0. The van der Waals surface area contributed by atoms with Crippen LogP contribution >= 0.6 is 15.9 Å². The zero-order chi connectivity index (χ0) is 21.2. The van der Waals surface area contributed by atoms with Crippen molar-refractivity contribution in [2.45, 2.75) is 51.7 Å². The van der Waals surface area contributed by atoms with Crippen LogP contribution in [0, 0.1) is 6.92 Å². The summed E-state index contributed by atoms with van der Waals surface area (Å²) in [5.74, 6) is -0.914. The molecule has 2 aromatic rings. The Morgan fingerprint density at radius 3 is 2.38 bits per heavy atom. The van der Waals surface area contributed by atoms with Crippen molar-refractivity contribution in [2.75, 3.05) is 0 Å². The highest BCUT2D eigenvalue weighted by Gasteiger charge is 2.28. The van der Waals surface area contributed by atoms with Crippen molar-refractivity contribution >= 4 is 27.9 Å². The van der Waals surface area contributed by atoms with Gasteiger partial charge in [-0.15, -0.1) is 0 Å². The molecule has 0 aliphatic heterocycles. The second kappa shape index (κ2) is 11.6. The van der Waals surface area contributed by atoms with E-state index in [0.29, 0.717) is 22.0 Å². The molecule has 0 unspecified atom stereocenters. The van der Waals surface area contributed by atoms with Gasteiger partial charge in [-0.3, -0.25) is 0 Å². The molecule has 0 aliphatic carbocycles. The van der Waals surface area contributed by atoms with Gasteiger partial charge in [0.05, 0.1) is 11.1 Å². The Morgan fingerprint density at radius 2 is 1.76 bits per heavy atom. The predicted molar refractivity (Wildman–Crippen MR) is 118 cm³/mol. The van der Waals surface area contributed by atoms with Gasteiger partial charge in [-0.25, -0.2) is 9.59 Å². The van der Waals surface area contributed by atoms with E-state index in [4.69, 9.17) is 9.47 Å². The maximum absolute atomic E-state index is 12.9. The Kier molecular flexibility index (Phi) is 9.13. The fourth-order valence-electron chi connectivity index (χ4n) is 3.01. The van der Waals surface area contributed by atoms with Crippen LogP contribution < -0.4 is 0 Å². The molecule has 29 heavy (non-hydrogen) atoms. The lowest BCUT2D eigenvalue weighted by molar-refractivity contribution is -0.0243. The van der Waals surface area contributed by atoms with Gasteiger partial charge in [-0.05, 0) is 65.5 Å². The van der Waals surface area contributed by atoms with Gasteiger partial charge in [-0.2, -0.15) is 0 Å². The molecule has 5 heteroatoms. The monoisotopic (exact) mass is 458 g/mol. The molecule has 2 rings (SSSR count). The number of benzene rings is 2. The molecule has 0 bridgehead atoms.